The number of aromatic nitrogens is 4. The molecule has 0 spiro atoms. The van der Waals surface area contributed by atoms with E-state index in [4.69, 9.17) is 11.5 Å². The number of nitrogens with one attached hydrogen (secondary N) is 3. The summed E-state index contributed by atoms with van der Waals surface area (Å²) in [5.41, 5.74) is 14.3. The van der Waals surface area contributed by atoms with E-state index in [1.54, 1.807) is 19.3 Å². The van der Waals surface area contributed by atoms with Gasteiger partial charge in [-0.15, -0.1) is 0 Å². The Morgan fingerprint density at radius 2 is 2.04 bits per heavy atom. The van der Waals surface area contributed by atoms with Crippen LogP contribution in [-0.2, 0) is 6.54 Å². The van der Waals surface area contributed by atoms with E-state index in [2.05, 4.69) is 35.9 Å². The molecule has 7 N–H and O–H groups in total. The summed E-state index contributed by atoms with van der Waals surface area (Å²) in [7, 11) is 1.74. The van der Waals surface area contributed by atoms with Crippen LogP contribution in [0.4, 0.5) is 17.7 Å². The van der Waals surface area contributed by atoms with Crippen LogP contribution in [0.2, 0.25) is 0 Å². The molecule has 0 bridgehead atoms. The highest BCUT2D eigenvalue weighted by Crippen LogP contribution is 2.28. The Morgan fingerprint density at radius 3 is 2.68 bits per heavy atom. The number of rotatable bonds is 5. The molecule has 2 aromatic heterocycles. The van der Waals surface area contributed by atoms with E-state index in [0.29, 0.717) is 35.8 Å². The van der Waals surface area contributed by atoms with E-state index in [1.165, 1.54) is 11.8 Å². The van der Waals surface area contributed by atoms with Crippen molar-refractivity contribution in [1.29, 1.82) is 0 Å². The van der Waals surface area contributed by atoms with Gasteiger partial charge in [-0.25, -0.2) is 4.98 Å². The minimum atomic E-state index is 0.399. The molecule has 25 heavy (non-hydrogen) atoms. The summed E-state index contributed by atoms with van der Waals surface area (Å²) in [5, 5.41) is 12.0. The third kappa shape index (κ3) is 4.10. The van der Waals surface area contributed by atoms with Crippen LogP contribution < -0.4 is 27.4 Å². The van der Waals surface area contributed by atoms with Crippen molar-refractivity contribution in [3.8, 4) is 0 Å². The van der Waals surface area contributed by atoms with Crippen molar-refractivity contribution in [2.45, 2.75) is 13.5 Å². The third-order valence-electron chi connectivity index (χ3n) is 3.31. The number of nitrogens with zero attached hydrogens (tertiary/aromatic N) is 4. The van der Waals surface area contributed by atoms with Crippen LogP contribution in [0.3, 0.4) is 0 Å². The molecule has 0 radical (unpaired) electrons. The van der Waals surface area contributed by atoms with Gasteiger partial charge < -0.3 is 27.4 Å². The van der Waals surface area contributed by atoms with Crippen molar-refractivity contribution >= 4 is 35.2 Å². The Bertz CT molecular complexity index is 829. The van der Waals surface area contributed by atoms with Crippen molar-refractivity contribution in [3.63, 3.8) is 0 Å². The van der Waals surface area contributed by atoms with Gasteiger partial charge in [0, 0.05) is 25.5 Å². The summed E-state index contributed by atoms with van der Waals surface area (Å²) in [6, 6.07) is 3.63. The average Bonchev–Trinajstić information content (AvgIpc) is 3.06. The molecule has 0 unspecified atom stereocenters. The van der Waals surface area contributed by atoms with Gasteiger partial charge in [-0.05, 0) is 24.0 Å². The first kappa shape index (κ1) is 16.8. The number of nitrogens with two attached hydrogens (primary N) is 2. The molecule has 9 nitrogen and oxygen atoms in total. The molecule has 10 heteroatoms. The van der Waals surface area contributed by atoms with Gasteiger partial charge in [0.25, 0.3) is 0 Å². The van der Waals surface area contributed by atoms with Gasteiger partial charge >= 0.3 is 0 Å². The van der Waals surface area contributed by atoms with Gasteiger partial charge in [-0.3, -0.25) is 0 Å². The van der Waals surface area contributed by atoms with Crippen molar-refractivity contribution in [3.05, 3.63) is 45.9 Å². The lowest BCUT2D eigenvalue weighted by Crippen LogP contribution is -2.15. The van der Waals surface area contributed by atoms with Gasteiger partial charge in [0.15, 0.2) is 5.82 Å². The summed E-state index contributed by atoms with van der Waals surface area (Å²) in [4.78, 5) is 17.1. The molecule has 1 aliphatic heterocycles. The summed E-state index contributed by atoms with van der Waals surface area (Å²) < 4.78 is 0. The summed E-state index contributed by atoms with van der Waals surface area (Å²) >= 11 is 1.50. The van der Waals surface area contributed by atoms with Gasteiger partial charge in [0.05, 0.1) is 0 Å². The predicted molar refractivity (Wildman–Crippen MR) is 101 cm³/mol. The van der Waals surface area contributed by atoms with Crippen molar-refractivity contribution < 1.29 is 0 Å². The Hall–Kier alpha value is -3.01. The Balaban J connectivity index is 1.81. The highest BCUT2D eigenvalue weighted by molar-refractivity contribution is 8.06. The fourth-order valence-corrected chi connectivity index (χ4v) is 2.82. The SMILES string of the molecule is CNc1nc(NCc2ccc(N)nc2)nc(/C(N)=C2/NC(C)=CS2)n1. The minimum absolute atomic E-state index is 0.399. The molecule has 0 saturated heterocycles. The summed E-state index contributed by atoms with van der Waals surface area (Å²) in [6.07, 6.45) is 1.70. The van der Waals surface area contributed by atoms with Crippen LogP contribution in [0, 0.1) is 0 Å². The fraction of sp³-hybridized carbons (Fsp3) is 0.200. The monoisotopic (exact) mass is 357 g/mol. The van der Waals surface area contributed by atoms with Crippen molar-refractivity contribution in [2.24, 2.45) is 5.73 Å². The number of allylic oxidation sites excluding steroid dienone is 1. The zero-order chi connectivity index (χ0) is 17.8. The lowest BCUT2D eigenvalue weighted by molar-refractivity contribution is 0.970. The van der Waals surface area contributed by atoms with E-state index >= 15 is 0 Å². The van der Waals surface area contributed by atoms with E-state index < -0.39 is 0 Å². The van der Waals surface area contributed by atoms with E-state index in [1.807, 2.05) is 18.4 Å². The molecular formula is C15H19N9S. The molecule has 0 atom stereocenters. The second-order valence-electron chi connectivity index (χ2n) is 5.29. The number of hydrogen-bond acceptors (Lipinski definition) is 10. The van der Waals surface area contributed by atoms with E-state index in [9.17, 15) is 0 Å². The largest absolute Gasteiger partial charge is 0.394 e. The standard InChI is InChI=1S/C15H19N9S/c1-8-7-25-13(21-8)11(17)12-22-14(18-2)24-15(23-12)20-6-9-3-4-10(16)19-5-9/h3-5,7,21H,6,17H2,1-2H3,(H2,16,19)(H2,18,20,22,23,24)/b13-11+. The van der Waals surface area contributed by atoms with Crippen molar-refractivity contribution in [1.82, 2.24) is 25.3 Å². The molecule has 0 aliphatic carbocycles. The third-order valence-corrected chi connectivity index (χ3v) is 4.34. The van der Waals surface area contributed by atoms with Crippen LogP contribution in [0.1, 0.15) is 18.3 Å². The maximum atomic E-state index is 6.21. The van der Waals surface area contributed by atoms with Crippen LogP contribution in [-0.4, -0.2) is 27.0 Å². The maximum Gasteiger partial charge on any atom is 0.228 e. The first-order chi connectivity index (χ1) is 12.0. The Kier molecular flexibility index (Phi) is 4.89. The quantitative estimate of drug-likeness (QED) is 0.531. The van der Waals surface area contributed by atoms with Crippen LogP contribution in [0.15, 0.2) is 34.5 Å². The molecule has 0 amide bonds. The molecule has 130 valence electrons. The Morgan fingerprint density at radius 1 is 1.24 bits per heavy atom. The molecular weight excluding hydrogens is 338 g/mol. The van der Waals surface area contributed by atoms with Crippen LogP contribution in [0.5, 0.6) is 0 Å². The highest BCUT2D eigenvalue weighted by atomic mass is 32.2. The smallest absolute Gasteiger partial charge is 0.228 e. The second-order valence-corrected chi connectivity index (χ2v) is 6.17. The topological polar surface area (TPSA) is 140 Å². The first-order valence-electron chi connectivity index (χ1n) is 7.54. The van der Waals surface area contributed by atoms with Gasteiger partial charge in [0.2, 0.25) is 11.9 Å². The molecule has 0 saturated carbocycles. The maximum absolute atomic E-state index is 6.21. The lowest BCUT2D eigenvalue weighted by atomic mass is 10.3. The molecule has 0 fully saturated rings. The lowest BCUT2D eigenvalue weighted by Gasteiger charge is -2.10. The van der Waals surface area contributed by atoms with Crippen LogP contribution in [0.25, 0.3) is 5.70 Å². The molecule has 2 aromatic rings. The van der Waals surface area contributed by atoms with E-state index in [0.717, 1.165) is 16.3 Å². The zero-order valence-electron chi connectivity index (χ0n) is 13.9. The summed E-state index contributed by atoms with van der Waals surface area (Å²) in [6.45, 7) is 2.47. The fourth-order valence-electron chi connectivity index (χ4n) is 2.03. The minimum Gasteiger partial charge on any atom is -0.394 e. The normalized spacial score (nSPS) is 15.4. The average molecular weight is 357 g/mol. The van der Waals surface area contributed by atoms with Gasteiger partial charge in [-0.2, -0.15) is 15.0 Å². The highest BCUT2D eigenvalue weighted by Gasteiger charge is 2.16. The molecule has 3 heterocycles. The van der Waals surface area contributed by atoms with Crippen LogP contribution >= 0.6 is 11.8 Å². The number of nitrogen functional groups attached to an aromatic ring is 1. The van der Waals surface area contributed by atoms with Gasteiger partial charge in [0.1, 0.15) is 16.5 Å². The van der Waals surface area contributed by atoms with Crippen molar-refractivity contribution in [2.75, 3.05) is 23.4 Å². The first-order valence-corrected chi connectivity index (χ1v) is 8.42. The molecule has 1 aliphatic rings. The number of anilines is 3. The molecule has 3 rings (SSSR count). The molecule has 0 aromatic carbocycles. The second kappa shape index (κ2) is 7.26. The predicted octanol–water partition coefficient (Wildman–Crippen LogP) is 1.29. The number of hydrogen-bond donors (Lipinski definition) is 5. The number of thioether (sulfide) groups is 1. The Labute approximate surface area is 149 Å². The van der Waals surface area contributed by atoms with Gasteiger partial charge in [-0.1, -0.05) is 17.8 Å². The van der Waals surface area contributed by atoms with E-state index in [-0.39, 0.29) is 0 Å². The summed E-state index contributed by atoms with van der Waals surface area (Å²) in [5.74, 6) is 1.73. The number of pyridine rings is 1. The zero-order valence-corrected chi connectivity index (χ0v) is 14.7.